The van der Waals surface area contributed by atoms with Crippen LogP contribution in [-0.2, 0) is 17.6 Å². The van der Waals surface area contributed by atoms with Gasteiger partial charge in [0, 0.05) is 25.2 Å². The molecule has 1 unspecified atom stereocenters. The van der Waals surface area contributed by atoms with E-state index in [-0.39, 0.29) is 36.2 Å². The molecule has 0 bridgehead atoms. The lowest BCUT2D eigenvalue weighted by Gasteiger charge is -2.43. The highest BCUT2D eigenvalue weighted by atomic mass is 35.5. The van der Waals surface area contributed by atoms with E-state index in [9.17, 15) is 22.4 Å². The van der Waals surface area contributed by atoms with Gasteiger partial charge in [-0.15, -0.1) is 0 Å². The molecule has 1 amide bonds. The summed E-state index contributed by atoms with van der Waals surface area (Å²) in [6.45, 7) is 3.62. The third kappa shape index (κ3) is 6.84. The second-order valence-electron chi connectivity index (χ2n) is 11.9. The summed E-state index contributed by atoms with van der Waals surface area (Å²) in [7, 11) is 3.63. The SMILES string of the molecule is CC1(C)C=C(C(=O)N([C@H](CN)Cc2ccc(F)c(F)c2)[C@H](CN)Cc2ccc(F)c(F)c2)NN1C1C(Cl)(Cl)C=N[N+]1(C)C. The van der Waals surface area contributed by atoms with Crippen LogP contribution in [0, 0.1) is 23.3 Å². The van der Waals surface area contributed by atoms with Gasteiger partial charge in [0.1, 0.15) is 11.9 Å². The number of hydrazine groups is 1. The average Bonchev–Trinajstić information content (AvgIpc) is 3.35. The zero-order valence-corrected chi connectivity index (χ0v) is 25.8. The molecule has 0 aliphatic carbocycles. The Hall–Kier alpha value is -2.74. The molecule has 2 heterocycles. The number of nitrogens with two attached hydrogens (primary N) is 2. The molecule has 0 fully saturated rings. The van der Waals surface area contributed by atoms with E-state index >= 15 is 0 Å². The number of carbonyl (C=O) groups excluding carboxylic acids is 1. The van der Waals surface area contributed by atoms with Crippen LogP contribution in [0.1, 0.15) is 25.0 Å². The Bertz CT molecular complexity index is 1360. The zero-order valence-electron chi connectivity index (χ0n) is 24.3. The maximum Gasteiger partial charge on any atom is 0.271 e. The van der Waals surface area contributed by atoms with Gasteiger partial charge in [-0.05, 0) is 68.2 Å². The third-order valence-electron chi connectivity index (χ3n) is 7.78. The van der Waals surface area contributed by atoms with Gasteiger partial charge in [-0.2, -0.15) is 9.60 Å². The van der Waals surface area contributed by atoms with Gasteiger partial charge in [-0.25, -0.2) is 17.6 Å². The standard InChI is InChI=1S/C29H36Cl2F4N7O/c1-28(2)13-25(39-41(28)27-29(30,31)16-38-42(27,3)4)26(43)40(19(14-36)9-17-5-7-21(32)23(34)11-17)20(15-37)10-18-6-8-22(33)24(35)12-18/h5-8,11-13,16,19-20,27,39H,9-10,14-15,36-37H2,1-4H3/q+1/t19-,20-,27?/m0/s1. The summed E-state index contributed by atoms with van der Waals surface area (Å²) < 4.78 is 54.2. The lowest BCUT2D eigenvalue weighted by Crippen LogP contribution is -2.66. The molecule has 14 heteroatoms. The number of halogens is 6. The van der Waals surface area contributed by atoms with E-state index in [1.807, 2.05) is 27.9 Å². The Morgan fingerprint density at radius 1 is 0.977 bits per heavy atom. The topological polar surface area (TPSA) is 100.0 Å². The maximum absolute atomic E-state index is 14.4. The minimum Gasteiger partial charge on any atom is -0.328 e. The van der Waals surface area contributed by atoms with Crippen LogP contribution in [0.5, 0.6) is 0 Å². The summed E-state index contributed by atoms with van der Waals surface area (Å²) >= 11 is 13.3. The number of amides is 1. The molecule has 0 radical (unpaired) electrons. The van der Waals surface area contributed by atoms with Crippen molar-refractivity contribution in [1.82, 2.24) is 15.3 Å². The fourth-order valence-electron chi connectivity index (χ4n) is 5.68. The van der Waals surface area contributed by atoms with Gasteiger partial charge in [0.25, 0.3) is 5.91 Å². The van der Waals surface area contributed by atoms with Gasteiger partial charge in [0.05, 0.1) is 19.6 Å². The highest BCUT2D eigenvalue weighted by Gasteiger charge is 2.59. The largest absolute Gasteiger partial charge is 0.328 e. The fourth-order valence-corrected chi connectivity index (χ4v) is 6.44. The van der Waals surface area contributed by atoms with Crippen molar-refractivity contribution in [3.05, 3.63) is 82.6 Å². The molecular formula is C29H36Cl2F4N7O+. The van der Waals surface area contributed by atoms with Crippen LogP contribution in [0.2, 0.25) is 0 Å². The molecule has 234 valence electrons. The lowest BCUT2D eigenvalue weighted by atomic mass is 9.97. The van der Waals surface area contributed by atoms with Gasteiger partial charge in [0.2, 0.25) is 10.5 Å². The summed E-state index contributed by atoms with van der Waals surface area (Å²) in [6, 6.07) is 5.45. The van der Waals surface area contributed by atoms with Crippen molar-refractivity contribution in [3.63, 3.8) is 0 Å². The molecule has 0 saturated heterocycles. The number of nitrogens with one attached hydrogen (secondary N) is 1. The highest BCUT2D eigenvalue weighted by Crippen LogP contribution is 2.41. The number of hydrogen-bond donors (Lipinski definition) is 3. The van der Waals surface area contributed by atoms with Crippen LogP contribution >= 0.6 is 23.2 Å². The van der Waals surface area contributed by atoms with E-state index < -0.39 is 57.3 Å². The normalized spacial score (nSPS) is 21.8. The average molecular weight is 646 g/mol. The molecule has 0 saturated carbocycles. The Kier molecular flexibility index (Phi) is 9.51. The molecule has 2 aromatic rings. The molecule has 0 aromatic heterocycles. The van der Waals surface area contributed by atoms with Crippen molar-refractivity contribution < 1.29 is 26.9 Å². The van der Waals surface area contributed by atoms with E-state index in [0.717, 1.165) is 24.3 Å². The molecular weight excluding hydrogens is 609 g/mol. The smallest absolute Gasteiger partial charge is 0.271 e. The number of carbonyl (C=O) groups is 1. The second-order valence-corrected chi connectivity index (χ2v) is 13.3. The maximum atomic E-state index is 14.4. The summed E-state index contributed by atoms with van der Waals surface area (Å²) in [4.78, 5) is 15.9. The second kappa shape index (κ2) is 12.3. The predicted molar refractivity (Wildman–Crippen MR) is 159 cm³/mol. The van der Waals surface area contributed by atoms with Gasteiger partial charge in [-0.3, -0.25) is 4.79 Å². The molecule has 2 aliphatic rings. The minimum absolute atomic E-state index is 0.0472. The molecule has 0 spiro atoms. The molecule has 8 nitrogen and oxygen atoms in total. The summed E-state index contributed by atoms with van der Waals surface area (Å²) in [5, 5.41) is 6.18. The van der Waals surface area contributed by atoms with Crippen molar-refractivity contribution >= 4 is 35.3 Å². The van der Waals surface area contributed by atoms with Crippen LogP contribution in [-0.4, -0.2) is 81.9 Å². The van der Waals surface area contributed by atoms with Gasteiger partial charge in [0.15, 0.2) is 23.3 Å². The first-order valence-corrected chi connectivity index (χ1v) is 14.4. The molecule has 43 heavy (non-hydrogen) atoms. The van der Waals surface area contributed by atoms with E-state index in [0.29, 0.717) is 11.1 Å². The van der Waals surface area contributed by atoms with E-state index in [1.165, 1.54) is 23.2 Å². The predicted octanol–water partition coefficient (Wildman–Crippen LogP) is 3.57. The molecule has 3 atom stereocenters. The van der Waals surface area contributed by atoms with Crippen LogP contribution in [0.4, 0.5) is 17.6 Å². The van der Waals surface area contributed by atoms with Crippen LogP contribution < -0.4 is 16.9 Å². The number of alkyl halides is 2. The van der Waals surface area contributed by atoms with E-state index in [4.69, 9.17) is 34.7 Å². The quantitative estimate of drug-likeness (QED) is 0.209. The number of quaternary nitrogens is 1. The van der Waals surface area contributed by atoms with Gasteiger partial charge in [-0.1, -0.05) is 40.4 Å². The van der Waals surface area contributed by atoms with Crippen molar-refractivity contribution in [2.45, 2.75) is 54.8 Å². The third-order valence-corrected chi connectivity index (χ3v) is 8.37. The van der Waals surface area contributed by atoms with Crippen LogP contribution in [0.25, 0.3) is 0 Å². The Morgan fingerprint density at radius 2 is 1.47 bits per heavy atom. The molecule has 2 aliphatic heterocycles. The van der Waals surface area contributed by atoms with Crippen molar-refractivity contribution in [1.29, 1.82) is 0 Å². The number of rotatable bonds is 10. The highest BCUT2D eigenvalue weighted by molar-refractivity contribution is 6.56. The zero-order chi connectivity index (χ0) is 31.9. The molecule has 2 aromatic carbocycles. The Balaban J connectivity index is 1.72. The van der Waals surface area contributed by atoms with Crippen LogP contribution in [0.15, 0.2) is 53.3 Å². The Morgan fingerprint density at radius 3 is 1.86 bits per heavy atom. The van der Waals surface area contributed by atoms with Crippen molar-refractivity contribution in [2.75, 3.05) is 27.2 Å². The number of nitrogens with zero attached hydrogens (tertiary/aromatic N) is 4. The summed E-state index contributed by atoms with van der Waals surface area (Å²) in [5.74, 6) is -4.58. The fraction of sp³-hybridized carbons (Fsp3) is 0.448. The number of hydrogen-bond acceptors (Lipinski definition) is 6. The first kappa shape index (κ1) is 33.2. The van der Waals surface area contributed by atoms with E-state index in [2.05, 4.69) is 10.5 Å². The molecule has 5 N–H and O–H groups in total. The summed E-state index contributed by atoms with van der Waals surface area (Å²) in [6.07, 6.45) is 2.67. The lowest BCUT2D eigenvalue weighted by molar-refractivity contribution is -0.929. The minimum atomic E-state index is -1.39. The molecule has 4 rings (SSSR count). The monoisotopic (exact) mass is 644 g/mol. The number of benzene rings is 2. The summed E-state index contributed by atoms with van der Waals surface area (Å²) in [5.41, 5.74) is 15.8. The van der Waals surface area contributed by atoms with Gasteiger partial charge >= 0.3 is 0 Å². The van der Waals surface area contributed by atoms with Crippen molar-refractivity contribution in [2.24, 2.45) is 16.6 Å². The van der Waals surface area contributed by atoms with Crippen molar-refractivity contribution in [3.8, 4) is 0 Å². The van der Waals surface area contributed by atoms with E-state index in [1.54, 1.807) is 11.1 Å². The van der Waals surface area contributed by atoms with Gasteiger partial charge < -0.3 is 21.8 Å². The first-order valence-electron chi connectivity index (χ1n) is 13.7. The Labute approximate surface area is 258 Å². The first-order chi connectivity index (χ1) is 20.0. The van der Waals surface area contributed by atoms with Crippen LogP contribution in [0.3, 0.4) is 0 Å².